The fourth-order valence-electron chi connectivity index (χ4n) is 3.58. The number of pyridine rings is 1. The summed E-state index contributed by atoms with van der Waals surface area (Å²) in [6.07, 6.45) is 1.28. The van der Waals surface area contributed by atoms with E-state index in [-0.39, 0.29) is 23.6 Å². The normalized spacial score (nSPS) is 28.4. The number of aliphatic carboxylic acids is 1. The summed E-state index contributed by atoms with van der Waals surface area (Å²) in [5, 5.41) is 19.3. The van der Waals surface area contributed by atoms with Crippen LogP contribution in [-0.2, 0) is 16.0 Å². The van der Waals surface area contributed by atoms with Gasteiger partial charge < -0.3 is 15.1 Å². The molecule has 22 heavy (non-hydrogen) atoms. The number of amides is 1. The summed E-state index contributed by atoms with van der Waals surface area (Å²) < 4.78 is 0. The van der Waals surface area contributed by atoms with Crippen LogP contribution < -0.4 is 0 Å². The Balaban J connectivity index is 1.97. The van der Waals surface area contributed by atoms with Crippen molar-refractivity contribution in [2.75, 3.05) is 0 Å². The molecule has 0 spiro atoms. The minimum atomic E-state index is -1.10. The molecule has 1 saturated heterocycles. The van der Waals surface area contributed by atoms with Gasteiger partial charge in [-0.25, -0.2) is 4.79 Å². The summed E-state index contributed by atoms with van der Waals surface area (Å²) in [5.74, 6) is -2.03. The largest absolute Gasteiger partial charge is 0.477 e. The zero-order chi connectivity index (χ0) is 16.0. The van der Waals surface area contributed by atoms with E-state index in [4.69, 9.17) is 0 Å². The predicted octanol–water partition coefficient (Wildman–Crippen LogP) is 0.820. The third-order valence-corrected chi connectivity index (χ3v) is 4.62. The van der Waals surface area contributed by atoms with E-state index in [9.17, 15) is 19.8 Å². The number of carboxylic acids is 1. The standard InChI is InChI=1S/C16H18N2O4/c1-8-11(7-10-5-3-4-6-17-10)14(16(21)22)18-13(8)12(9(2)19)15(18)20/h3-6,8-9,12-13,19H,7H2,1-2H3,(H,21,22). The molecule has 4 unspecified atom stereocenters. The zero-order valence-corrected chi connectivity index (χ0v) is 12.4. The summed E-state index contributed by atoms with van der Waals surface area (Å²) in [6.45, 7) is 3.48. The number of aromatic nitrogens is 1. The third kappa shape index (κ3) is 2.02. The molecule has 4 atom stereocenters. The Hall–Kier alpha value is -2.21. The minimum Gasteiger partial charge on any atom is -0.477 e. The second-order valence-electron chi connectivity index (χ2n) is 5.93. The van der Waals surface area contributed by atoms with Crippen LogP contribution in [0.5, 0.6) is 0 Å². The Morgan fingerprint density at radius 2 is 2.18 bits per heavy atom. The number of hydrogen-bond acceptors (Lipinski definition) is 4. The van der Waals surface area contributed by atoms with Crippen LogP contribution in [0, 0.1) is 11.8 Å². The molecule has 6 heteroatoms. The Morgan fingerprint density at radius 3 is 2.73 bits per heavy atom. The van der Waals surface area contributed by atoms with E-state index >= 15 is 0 Å². The molecule has 0 saturated carbocycles. The first-order valence-corrected chi connectivity index (χ1v) is 7.31. The molecule has 3 heterocycles. The molecule has 3 rings (SSSR count). The molecular weight excluding hydrogens is 284 g/mol. The smallest absolute Gasteiger partial charge is 0.352 e. The Kier molecular flexibility index (Phi) is 3.48. The van der Waals surface area contributed by atoms with Crippen LogP contribution in [0.4, 0.5) is 0 Å². The van der Waals surface area contributed by atoms with Crippen LogP contribution in [0.3, 0.4) is 0 Å². The lowest BCUT2D eigenvalue weighted by Gasteiger charge is -2.46. The third-order valence-electron chi connectivity index (χ3n) is 4.62. The number of carboxylic acid groups (broad SMARTS) is 1. The molecule has 1 fully saturated rings. The van der Waals surface area contributed by atoms with Crippen molar-refractivity contribution >= 4 is 11.9 Å². The van der Waals surface area contributed by atoms with Crippen LogP contribution in [0.25, 0.3) is 0 Å². The number of carbonyl (C=O) groups excluding carboxylic acids is 1. The van der Waals surface area contributed by atoms with Crippen LogP contribution in [0.2, 0.25) is 0 Å². The molecule has 6 nitrogen and oxygen atoms in total. The van der Waals surface area contributed by atoms with Gasteiger partial charge in [0, 0.05) is 24.2 Å². The van der Waals surface area contributed by atoms with E-state index in [2.05, 4.69) is 4.98 Å². The number of aliphatic hydroxyl groups excluding tert-OH is 1. The van der Waals surface area contributed by atoms with Crippen molar-refractivity contribution in [3.8, 4) is 0 Å². The number of nitrogens with zero attached hydrogens (tertiary/aromatic N) is 2. The maximum Gasteiger partial charge on any atom is 0.352 e. The van der Waals surface area contributed by atoms with Crippen LogP contribution in [0.1, 0.15) is 19.5 Å². The number of carbonyl (C=O) groups is 2. The van der Waals surface area contributed by atoms with Crippen molar-refractivity contribution in [1.82, 2.24) is 9.88 Å². The number of hydrogen-bond donors (Lipinski definition) is 2. The van der Waals surface area contributed by atoms with Gasteiger partial charge in [0.25, 0.3) is 0 Å². The number of aliphatic hydroxyl groups is 1. The van der Waals surface area contributed by atoms with Gasteiger partial charge in [0.05, 0.1) is 18.1 Å². The molecule has 0 bridgehead atoms. The number of rotatable bonds is 4. The summed E-state index contributed by atoms with van der Waals surface area (Å²) in [7, 11) is 0. The Labute approximate surface area is 128 Å². The quantitative estimate of drug-likeness (QED) is 0.804. The summed E-state index contributed by atoms with van der Waals surface area (Å²) in [5.41, 5.74) is 1.53. The van der Waals surface area contributed by atoms with Gasteiger partial charge in [-0.1, -0.05) is 13.0 Å². The zero-order valence-electron chi connectivity index (χ0n) is 12.4. The van der Waals surface area contributed by atoms with Crippen molar-refractivity contribution in [1.29, 1.82) is 0 Å². The van der Waals surface area contributed by atoms with Gasteiger partial charge in [-0.15, -0.1) is 0 Å². The lowest BCUT2D eigenvalue weighted by atomic mass is 9.77. The molecule has 1 aromatic heterocycles. The first-order chi connectivity index (χ1) is 10.4. The predicted molar refractivity (Wildman–Crippen MR) is 77.6 cm³/mol. The van der Waals surface area contributed by atoms with Gasteiger partial charge >= 0.3 is 5.97 Å². The van der Waals surface area contributed by atoms with Crippen LogP contribution in [-0.4, -0.2) is 44.1 Å². The van der Waals surface area contributed by atoms with Gasteiger partial charge in [-0.2, -0.15) is 0 Å². The average Bonchev–Trinajstić information content (AvgIpc) is 2.70. The van der Waals surface area contributed by atoms with Crippen molar-refractivity contribution in [2.45, 2.75) is 32.4 Å². The molecule has 1 amide bonds. The van der Waals surface area contributed by atoms with Gasteiger partial charge in [0.15, 0.2) is 0 Å². The first-order valence-electron chi connectivity index (χ1n) is 7.31. The van der Waals surface area contributed by atoms with E-state index in [0.29, 0.717) is 12.0 Å². The second-order valence-corrected chi connectivity index (χ2v) is 5.93. The maximum atomic E-state index is 12.2. The monoisotopic (exact) mass is 302 g/mol. The molecule has 116 valence electrons. The van der Waals surface area contributed by atoms with Gasteiger partial charge in [0.2, 0.25) is 5.91 Å². The molecule has 0 radical (unpaired) electrons. The second kappa shape index (κ2) is 5.21. The molecule has 0 aliphatic carbocycles. The van der Waals surface area contributed by atoms with Gasteiger partial charge in [-0.05, 0) is 24.6 Å². The van der Waals surface area contributed by atoms with Gasteiger partial charge in [0.1, 0.15) is 5.70 Å². The summed E-state index contributed by atoms with van der Waals surface area (Å²) in [6, 6.07) is 5.22. The molecular formula is C16H18N2O4. The highest BCUT2D eigenvalue weighted by molar-refractivity contribution is 6.00. The highest BCUT2D eigenvalue weighted by Gasteiger charge is 2.59. The van der Waals surface area contributed by atoms with Crippen molar-refractivity contribution in [3.05, 3.63) is 41.4 Å². The van der Waals surface area contributed by atoms with Crippen molar-refractivity contribution in [2.24, 2.45) is 11.8 Å². The minimum absolute atomic E-state index is 0.0602. The summed E-state index contributed by atoms with van der Waals surface area (Å²) >= 11 is 0. The van der Waals surface area contributed by atoms with Crippen LogP contribution >= 0.6 is 0 Å². The van der Waals surface area contributed by atoms with Crippen molar-refractivity contribution < 1.29 is 19.8 Å². The SMILES string of the molecule is CC(O)C1C(=O)N2C(C(=O)O)=C(Cc3ccccn3)C(C)C12. The highest BCUT2D eigenvalue weighted by Crippen LogP contribution is 2.47. The molecule has 1 aromatic rings. The van der Waals surface area contributed by atoms with Gasteiger partial charge in [-0.3, -0.25) is 9.78 Å². The summed E-state index contributed by atoms with van der Waals surface area (Å²) in [4.78, 5) is 29.4. The molecule has 2 N–H and O–H groups in total. The Bertz CT molecular complexity index is 653. The molecule has 0 aromatic carbocycles. The fourth-order valence-corrected chi connectivity index (χ4v) is 3.58. The molecule has 2 aliphatic rings. The maximum absolute atomic E-state index is 12.2. The highest BCUT2D eigenvalue weighted by atomic mass is 16.4. The van der Waals surface area contributed by atoms with E-state index in [1.54, 1.807) is 19.2 Å². The van der Waals surface area contributed by atoms with E-state index in [1.807, 2.05) is 19.1 Å². The Morgan fingerprint density at radius 1 is 1.45 bits per heavy atom. The number of fused-ring (bicyclic) bond motifs is 1. The lowest BCUT2D eigenvalue weighted by molar-refractivity contribution is -0.163. The van der Waals surface area contributed by atoms with Crippen molar-refractivity contribution in [3.63, 3.8) is 0 Å². The van der Waals surface area contributed by atoms with E-state index in [1.165, 1.54) is 4.90 Å². The molecule has 2 aliphatic heterocycles. The van der Waals surface area contributed by atoms with E-state index < -0.39 is 18.0 Å². The first kappa shape index (κ1) is 14.7. The lowest BCUT2D eigenvalue weighted by Crippen LogP contribution is -2.63. The average molecular weight is 302 g/mol. The van der Waals surface area contributed by atoms with Crippen LogP contribution in [0.15, 0.2) is 35.7 Å². The number of β-lactam (4-membered cyclic amide) rings is 1. The fraction of sp³-hybridized carbons (Fsp3) is 0.438. The van der Waals surface area contributed by atoms with E-state index in [0.717, 1.165) is 5.69 Å². The topological polar surface area (TPSA) is 90.7 Å².